The van der Waals surface area contributed by atoms with Gasteiger partial charge in [0.1, 0.15) is 12.4 Å². The Balaban J connectivity index is 1.90. The van der Waals surface area contributed by atoms with Crippen LogP contribution >= 0.6 is 0 Å². The second kappa shape index (κ2) is 7.55. The number of hydrogen-bond donors (Lipinski definition) is 2. The quantitative estimate of drug-likeness (QED) is 0.768. The zero-order chi connectivity index (χ0) is 15.1. The summed E-state index contributed by atoms with van der Waals surface area (Å²) in [6, 6.07) is 15.9. The molecule has 0 saturated carbocycles. The molecule has 4 nitrogen and oxygen atoms in total. The van der Waals surface area contributed by atoms with Crippen molar-refractivity contribution in [3.63, 3.8) is 0 Å². The molecule has 3 N–H and O–H groups in total. The first-order valence-corrected chi connectivity index (χ1v) is 7.10. The van der Waals surface area contributed by atoms with Crippen molar-refractivity contribution in [1.82, 2.24) is 4.90 Å². The van der Waals surface area contributed by atoms with Crippen LogP contribution in [0.25, 0.3) is 0 Å². The molecule has 2 rings (SSSR count). The number of likely N-dealkylation sites (N-methyl/N-ethyl adjacent to an activating group) is 1. The smallest absolute Gasteiger partial charge is 0.121 e. The number of hydrogen-bond acceptors (Lipinski definition) is 4. The summed E-state index contributed by atoms with van der Waals surface area (Å²) >= 11 is 0. The number of nitrogen functional groups attached to an aromatic ring is 1. The minimum Gasteiger partial charge on any atom is -0.492 e. The van der Waals surface area contributed by atoms with Gasteiger partial charge in [-0.15, -0.1) is 0 Å². The number of anilines is 2. The molecule has 4 heteroatoms. The second-order valence-electron chi connectivity index (χ2n) is 5.23. The van der Waals surface area contributed by atoms with Crippen molar-refractivity contribution >= 4 is 11.4 Å². The molecule has 0 aliphatic rings. The lowest BCUT2D eigenvalue weighted by Crippen LogP contribution is -2.19. The maximum atomic E-state index is 5.94. The Hall–Kier alpha value is -2.20. The second-order valence-corrected chi connectivity index (χ2v) is 5.23. The molecule has 0 amide bonds. The fourth-order valence-electron chi connectivity index (χ4n) is 1.93. The van der Waals surface area contributed by atoms with E-state index in [1.54, 1.807) is 0 Å². The van der Waals surface area contributed by atoms with Gasteiger partial charge in [-0.1, -0.05) is 24.3 Å². The molecule has 112 valence electrons. The van der Waals surface area contributed by atoms with E-state index in [4.69, 9.17) is 10.5 Å². The van der Waals surface area contributed by atoms with Crippen molar-refractivity contribution < 1.29 is 4.74 Å². The normalized spacial score (nSPS) is 10.6. The number of benzene rings is 2. The van der Waals surface area contributed by atoms with E-state index in [1.165, 1.54) is 0 Å². The van der Waals surface area contributed by atoms with Gasteiger partial charge in [-0.2, -0.15) is 0 Å². The number of para-hydroxylation sites is 1. The Bertz CT molecular complexity index is 569. The first-order chi connectivity index (χ1) is 10.1. The summed E-state index contributed by atoms with van der Waals surface area (Å²) in [7, 11) is 4.07. The Morgan fingerprint density at radius 2 is 1.90 bits per heavy atom. The maximum absolute atomic E-state index is 5.94. The SMILES string of the molecule is CN(C)CCOc1cccc(NCc2ccccc2N)c1. The largest absolute Gasteiger partial charge is 0.492 e. The lowest BCUT2D eigenvalue weighted by atomic mass is 10.2. The standard InChI is InChI=1S/C17H23N3O/c1-20(2)10-11-21-16-8-5-7-15(12-16)19-13-14-6-3-4-9-17(14)18/h3-9,12,19H,10-11,13,18H2,1-2H3. The average molecular weight is 285 g/mol. The number of nitrogens with zero attached hydrogens (tertiary/aromatic N) is 1. The third kappa shape index (κ3) is 5.00. The highest BCUT2D eigenvalue weighted by atomic mass is 16.5. The summed E-state index contributed by atoms with van der Waals surface area (Å²) in [5.74, 6) is 0.878. The number of nitrogens with one attached hydrogen (secondary N) is 1. The molecule has 0 unspecified atom stereocenters. The van der Waals surface area contributed by atoms with Gasteiger partial charge in [-0.05, 0) is 37.9 Å². The third-order valence-electron chi connectivity index (χ3n) is 3.18. The van der Waals surface area contributed by atoms with Crippen LogP contribution in [-0.2, 0) is 6.54 Å². The summed E-state index contributed by atoms with van der Waals surface area (Å²) in [6.45, 7) is 2.29. The van der Waals surface area contributed by atoms with E-state index in [0.717, 1.165) is 29.2 Å². The lowest BCUT2D eigenvalue weighted by molar-refractivity contribution is 0.261. The summed E-state index contributed by atoms with van der Waals surface area (Å²) in [4.78, 5) is 2.10. The van der Waals surface area contributed by atoms with Gasteiger partial charge in [0.15, 0.2) is 0 Å². The molecular formula is C17H23N3O. The van der Waals surface area contributed by atoms with E-state index in [2.05, 4.69) is 10.2 Å². The van der Waals surface area contributed by atoms with Gasteiger partial charge in [0.25, 0.3) is 0 Å². The lowest BCUT2D eigenvalue weighted by Gasteiger charge is -2.13. The zero-order valence-electron chi connectivity index (χ0n) is 12.7. The minimum absolute atomic E-state index is 0.683. The average Bonchev–Trinajstić information content (AvgIpc) is 2.46. The topological polar surface area (TPSA) is 50.5 Å². The molecule has 0 spiro atoms. The highest BCUT2D eigenvalue weighted by molar-refractivity contribution is 5.52. The zero-order valence-corrected chi connectivity index (χ0v) is 12.7. The first-order valence-electron chi connectivity index (χ1n) is 7.10. The Morgan fingerprint density at radius 1 is 1.10 bits per heavy atom. The maximum Gasteiger partial charge on any atom is 0.121 e. The van der Waals surface area contributed by atoms with Crippen molar-refractivity contribution in [3.05, 3.63) is 54.1 Å². The molecule has 0 aliphatic heterocycles. The van der Waals surface area contributed by atoms with E-state index < -0.39 is 0 Å². The van der Waals surface area contributed by atoms with Crippen LogP contribution in [-0.4, -0.2) is 32.1 Å². The van der Waals surface area contributed by atoms with E-state index in [0.29, 0.717) is 13.2 Å². The fourth-order valence-corrected chi connectivity index (χ4v) is 1.93. The Labute approximate surface area is 126 Å². The predicted octanol–water partition coefficient (Wildman–Crippen LogP) is 2.82. The van der Waals surface area contributed by atoms with E-state index in [1.807, 2.05) is 62.6 Å². The summed E-state index contributed by atoms with van der Waals surface area (Å²) in [6.07, 6.45) is 0. The molecule has 0 saturated heterocycles. The predicted molar refractivity (Wildman–Crippen MR) is 88.7 cm³/mol. The summed E-state index contributed by atoms with van der Waals surface area (Å²) in [5, 5.41) is 3.37. The molecule has 0 aliphatic carbocycles. The number of ether oxygens (including phenoxy) is 1. The van der Waals surface area contributed by atoms with Crippen LogP contribution in [0.1, 0.15) is 5.56 Å². The molecule has 2 aromatic carbocycles. The van der Waals surface area contributed by atoms with Crippen LogP contribution in [0.4, 0.5) is 11.4 Å². The van der Waals surface area contributed by atoms with Crippen LogP contribution in [0.5, 0.6) is 5.75 Å². The summed E-state index contributed by atoms with van der Waals surface area (Å²) < 4.78 is 5.73. The Morgan fingerprint density at radius 3 is 2.67 bits per heavy atom. The number of rotatable bonds is 7. The van der Waals surface area contributed by atoms with Gasteiger partial charge in [0.2, 0.25) is 0 Å². The van der Waals surface area contributed by atoms with Crippen molar-refractivity contribution in [1.29, 1.82) is 0 Å². The first kappa shape index (κ1) is 15.2. The highest BCUT2D eigenvalue weighted by Crippen LogP contribution is 2.19. The van der Waals surface area contributed by atoms with E-state index >= 15 is 0 Å². The molecule has 0 radical (unpaired) electrons. The monoisotopic (exact) mass is 285 g/mol. The van der Waals surface area contributed by atoms with Crippen molar-refractivity contribution in [3.8, 4) is 5.75 Å². The van der Waals surface area contributed by atoms with Gasteiger partial charge >= 0.3 is 0 Å². The third-order valence-corrected chi connectivity index (χ3v) is 3.18. The van der Waals surface area contributed by atoms with Crippen molar-refractivity contribution in [2.45, 2.75) is 6.54 Å². The van der Waals surface area contributed by atoms with Gasteiger partial charge in [-0.3, -0.25) is 0 Å². The molecule has 0 bridgehead atoms. The van der Waals surface area contributed by atoms with Gasteiger partial charge in [0.05, 0.1) is 0 Å². The summed E-state index contributed by atoms with van der Waals surface area (Å²) in [5.41, 5.74) is 8.87. The van der Waals surface area contributed by atoms with E-state index in [9.17, 15) is 0 Å². The van der Waals surface area contributed by atoms with Crippen molar-refractivity contribution in [2.24, 2.45) is 0 Å². The van der Waals surface area contributed by atoms with Crippen molar-refractivity contribution in [2.75, 3.05) is 38.3 Å². The van der Waals surface area contributed by atoms with Gasteiger partial charge in [-0.25, -0.2) is 0 Å². The van der Waals surface area contributed by atoms with Gasteiger partial charge < -0.3 is 20.7 Å². The van der Waals surface area contributed by atoms with Crippen LogP contribution in [0, 0.1) is 0 Å². The molecule has 0 aromatic heterocycles. The Kier molecular flexibility index (Phi) is 5.46. The van der Waals surface area contributed by atoms with E-state index in [-0.39, 0.29) is 0 Å². The minimum atomic E-state index is 0.683. The number of nitrogens with two attached hydrogens (primary N) is 1. The van der Waals surface area contributed by atoms with Crippen LogP contribution in [0.3, 0.4) is 0 Å². The van der Waals surface area contributed by atoms with Crippen LogP contribution < -0.4 is 15.8 Å². The van der Waals surface area contributed by atoms with Gasteiger partial charge in [0, 0.05) is 30.5 Å². The van der Waals surface area contributed by atoms with Crippen LogP contribution in [0.2, 0.25) is 0 Å². The van der Waals surface area contributed by atoms with Crippen LogP contribution in [0.15, 0.2) is 48.5 Å². The molecule has 0 fully saturated rings. The fraction of sp³-hybridized carbons (Fsp3) is 0.294. The highest BCUT2D eigenvalue weighted by Gasteiger charge is 2.00. The molecular weight excluding hydrogens is 262 g/mol. The molecule has 2 aromatic rings. The molecule has 0 atom stereocenters. The molecule has 0 heterocycles. The molecule has 21 heavy (non-hydrogen) atoms.